The van der Waals surface area contributed by atoms with Gasteiger partial charge in [0, 0.05) is 12.2 Å². The maximum Gasteiger partial charge on any atom is 0.241 e. The number of carbonyl (C=O) groups excluding carboxylic acids is 2. The average Bonchev–Trinajstić information content (AvgIpc) is 2.78. The molecule has 1 fully saturated rings. The van der Waals surface area contributed by atoms with Gasteiger partial charge in [-0.2, -0.15) is 0 Å². The van der Waals surface area contributed by atoms with Crippen LogP contribution < -0.4 is 20.7 Å². The maximum atomic E-state index is 12.8. The number of nitrogens with one attached hydrogen (secondary N) is 3. The molecule has 1 heterocycles. The van der Waals surface area contributed by atoms with Crippen molar-refractivity contribution in [3.8, 4) is 5.75 Å². The number of thioether (sulfide) groups is 1. The van der Waals surface area contributed by atoms with Crippen LogP contribution >= 0.6 is 11.8 Å². The van der Waals surface area contributed by atoms with Crippen LogP contribution in [0.15, 0.2) is 53.4 Å². The lowest BCUT2D eigenvalue weighted by atomic mass is 10.1. The highest BCUT2D eigenvalue weighted by molar-refractivity contribution is 8.00. The summed E-state index contributed by atoms with van der Waals surface area (Å²) < 4.78 is 30.6. The van der Waals surface area contributed by atoms with E-state index in [-0.39, 0.29) is 23.1 Å². The molecule has 2 amide bonds. The van der Waals surface area contributed by atoms with Crippen molar-refractivity contribution in [2.75, 3.05) is 24.7 Å². The van der Waals surface area contributed by atoms with E-state index in [9.17, 15) is 18.0 Å². The van der Waals surface area contributed by atoms with Crippen LogP contribution in [0.5, 0.6) is 5.75 Å². The molecule has 166 valence electrons. The third-order valence-corrected chi connectivity index (χ3v) is 7.95. The standard InChI is InChI=1S/C21H25N3O5S2/c1-3-14-4-6-15(7-5-14)23-19(25)13-30-21-22-12-18(20(26)24-21)31(27,28)17-10-8-16(29-2)9-11-17/h4-11,18,21-22H,3,12-13H2,1-2H3,(H,23,25)(H,24,26). The van der Waals surface area contributed by atoms with Crippen molar-refractivity contribution in [2.45, 2.75) is 29.0 Å². The van der Waals surface area contributed by atoms with Gasteiger partial charge in [-0.25, -0.2) is 8.42 Å². The van der Waals surface area contributed by atoms with Gasteiger partial charge >= 0.3 is 0 Å². The van der Waals surface area contributed by atoms with Crippen LogP contribution in [0.4, 0.5) is 5.69 Å². The largest absolute Gasteiger partial charge is 0.497 e. The van der Waals surface area contributed by atoms with Crippen molar-refractivity contribution in [3.05, 3.63) is 54.1 Å². The number of benzene rings is 2. The summed E-state index contributed by atoms with van der Waals surface area (Å²) >= 11 is 1.18. The van der Waals surface area contributed by atoms with Crippen LogP contribution in [0.1, 0.15) is 12.5 Å². The van der Waals surface area contributed by atoms with E-state index in [1.54, 1.807) is 0 Å². The molecule has 0 aliphatic carbocycles. The number of rotatable bonds is 8. The van der Waals surface area contributed by atoms with Gasteiger partial charge in [0.25, 0.3) is 0 Å². The summed E-state index contributed by atoms with van der Waals surface area (Å²) in [6.07, 6.45) is 0.923. The molecular weight excluding hydrogens is 438 g/mol. The number of methoxy groups -OCH3 is 1. The number of anilines is 1. The topological polar surface area (TPSA) is 114 Å². The summed E-state index contributed by atoms with van der Waals surface area (Å²) in [5, 5.41) is 7.16. The number of carbonyl (C=O) groups is 2. The number of hydrogen-bond acceptors (Lipinski definition) is 7. The number of aryl methyl sites for hydroxylation is 1. The first-order chi connectivity index (χ1) is 14.8. The zero-order valence-corrected chi connectivity index (χ0v) is 18.9. The zero-order chi connectivity index (χ0) is 22.4. The lowest BCUT2D eigenvalue weighted by Crippen LogP contribution is -2.59. The van der Waals surface area contributed by atoms with E-state index in [1.807, 2.05) is 24.3 Å². The second-order valence-corrected chi connectivity index (χ2v) is 10.1. The number of hydrogen-bond donors (Lipinski definition) is 3. The molecule has 3 N–H and O–H groups in total. The maximum absolute atomic E-state index is 12.8. The van der Waals surface area contributed by atoms with Crippen molar-refractivity contribution in [1.29, 1.82) is 0 Å². The van der Waals surface area contributed by atoms with Gasteiger partial charge in [-0.1, -0.05) is 19.1 Å². The summed E-state index contributed by atoms with van der Waals surface area (Å²) in [5.74, 6) is -0.175. The molecule has 10 heteroatoms. The van der Waals surface area contributed by atoms with Crippen LogP contribution in [-0.2, 0) is 25.8 Å². The van der Waals surface area contributed by atoms with Crippen LogP contribution in [0.25, 0.3) is 0 Å². The van der Waals surface area contributed by atoms with Crippen molar-refractivity contribution in [3.63, 3.8) is 0 Å². The summed E-state index contributed by atoms with van der Waals surface area (Å²) in [7, 11) is -2.37. The Labute approximate surface area is 186 Å². The van der Waals surface area contributed by atoms with Crippen LogP contribution in [-0.4, -0.2) is 50.4 Å². The van der Waals surface area contributed by atoms with E-state index in [1.165, 1.54) is 48.7 Å². The second-order valence-electron chi connectivity index (χ2n) is 6.92. The quantitative estimate of drug-likeness (QED) is 0.547. The van der Waals surface area contributed by atoms with Crippen LogP contribution in [0.3, 0.4) is 0 Å². The fourth-order valence-electron chi connectivity index (χ4n) is 3.04. The number of sulfone groups is 1. The highest BCUT2D eigenvalue weighted by atomic mass is 32.2. The monoisotopic (exact) mass is 463 g/mol. The van der Waals surface area contributed by atoms with Gasteiger partial charge in [-0.15, -0.1) is 11.8 Å². The molecular formula is C21H25N3O5S2. The molecule has 31 heavy (non-hydrogen) atoms. The fraction of sp³-hybridized carbons (Fsp3) is 0.333. The van der Waals surface area contributed by atoms with Crippen LogP contribution in [0.2, 0.25) is 0 Å². The lowest BCUT2D eigenvalue weighted by molar-refractivity contribution is -0.122. The van der Waals surface area contributed by atoms with Gasteiger partial charge < -0.3 is 15.4 Å². The van der Waals surface area contributed by atoms with Crippen molar-refractivity contribution >= 4 is 39.1 Å². The number of ether oxygens (including phenoxy) is 1. The molecule has 1 aliphatic heterocycles. The molecule has 0 aromatic heterocycles. The normalized spacial score (nSPS) is 18.8. The predicted molar refractivity (Wildman–Crippen MR) is 121 cm³/mol. The third-order valence-electron chi connectivity index (χ3n) is 4.84. The Morgan fingerprint density at radius 2 is 1.84 bits per heavy atom. The van der Waals surface area contributed by atoms with Gasteiger partial charge in [0.05, 0.1) is 17.8 Å². The molecule has 0 saturated carbocycles. The molecule has 1 saturated heterocycles. The van der Waals surface area contributed by atoms with E-state index in [4.69, 9.17) is 4.74 Å². The molecule has 0 spiro atoms. The average molecular weight is 464 g/mol. The number of amides is 2. The van der Waals surface area contributed by atoms with Gasteiger partial charge in [0.2, 0.25) is 11.8 Å². The predicted octanol–water partition coefficient (Wildman–Crippen LogP) is 1.77. The highest BCUT2D eigenvalue weighted by Crippen LogP contribution is 2.22. The first kappa shape index (κ1) is 23.1. The van der Waals surface area contributed by atoms with Gasteiger partial charge in [-0.3, -0.25) is 14.9 Å². The Bertz CT molecular complexity index is 1020. The minimum Gasteiger partial charge on any atom is -0.497 e. The molecule has 2 unspecified atom stereocenters. The molecule has 8 nitrogen and oxygen atoms in total. The Morgan fingerprint density at radius 3 is 2.42 bits per heavy atom. The molecule has 2 aromatic carbocycles. The smallest absolute Gasteiger partial charge is 0.241 e. The van der Waals surface area contributed by atoms with E-state index < -0.39 is 26.5 Å². The molecule has 1 aliphatic rings. The lowest BCUT2D eigenvalue weighted by Gasteiger charge is -2.29. The first-order valence-corrected chi connectivity index (χ1v) is 12.3. The molecule has 2 atom stereocenters. The molecule has 0 bridgehead atoms. The third kappa shape index (κ3) is 5.78. The minimum absolute atomic E-state index is 0.0437. The van der Waals surface area contributed by atoms with Crippen molar-refractivity contribution in [1.82, 2.24) is 10.6 Å². The Kier molecular flexibility index (Phi) is 7.58. The summed E-state index contributed by atoms with van der Waals surface area (Å²) in [5.41, 5.74) is 1.33. The Hall–Kier alpha value is -2.56. The van der Waals surface area contributed by atoms with E-state index in [0.29, 0.717) is 11.4 Å². The van der Waals surface area contributed by atoms with Crippen molar-refractivity contribution in [2.24, 2.45) is 0 Å². The zero-order valence-electron chi connectivity index (χ0n) is 17.3. The van der Waals surface area contributed by atoms with Crippen LogP contribution in [0, 0.1) is 0 Å². The van der Waals surface area contributed by atoms with Gasteiger partial charge in [0.1, 0.15) is 11.2 Å². The Morgan fingerprint density at radius 1 is 1.16 bits per heavy atom. The fourth-order valence-corrected chi connectivity index (χ4v) is 5.35. The Balaban J connectivity index is 1.52. The second kappa shape index (κ2) is 10.2. The molecule has 0 radical (unpaired) electrons. The SMILES string of the molecule is CCc1ccc(NC(=O)CSC2NCC(S(=O)(=O)c3ccc(OC)cc3)C(=O)N2)cc1. The summed E-state index contributed by atoms with van der Waals surface area (Å²) in [6, 6.07) is 13.5. The molecule has 3 rings (SSSR count). The van der Waals surface area contributed by atoms with E-state index in [0.717, 1.165) is 6.42 Å². The van der Waals surface area contributed by atoms with E-state index >= 15 is 0 Å². The van der Waals surface area contributed by atoms with Gasteiger partial charge in [0.15, 0.2) is 15.1 Å². The molecule has 2 aromatic rings. The summed E-state index contributed by atoms with van der Waals surface area (Å²) in [4.78, 5) is 24.7. The van der Waals surface area contributed by atoms with Crippen molar-refractivity contribution < 1.29 is 22.7 Å². The first-order valence-electron chi connectivity index (χ1n) is 9.75. The summed E-state index contributed by atoms with van der Waals surface area (Å²) in [6.45, 7) is 2.01. The minimum atomic E-state index is -3.86. The van der Waals surface area contributed by atoms with E-state index in [2.05, 4.69) is 22.9 Å². The highest BCUT2D eigenvalue weighted by Gasteiger charge is 2.38. The van der Waals surface area contributed by atoms with Gasteiger partial charge in [-0.05, 0) is 48.4 Å².